The number of nitrogens with one attached hydrogen (secondary N) is 1. The van der Waals surface area contributed by atoms with Crippen LogP contribution in [0.2, 0.25) is 0 Å². The lowest BCUT2D eigenvalue weighted by Crippen LogP contribution is -2.42. The zero-order chi connectivity index (χ0) is 15.4. The van der Waals surface area contributed by atoms with Gasteiger partial charge in [0.25, 0.3) is 0 Å². The average Bonchev–Trinajstić information content (AvgIpc) is 2.47. The van der Waals surface area contributed by atoms with Gasteiger partial charge in [0, 0.05) is 22.6 Å². The van der Waals surface area contributed by atoms with Gasteiger partial charge in [0.1, 0.15) is 5.75 Å². The van der Waals surface area contributed by atoms with Crippen LogP contribution in [0.4, 0.5) is 5.69 Å². The largest absolute Gasteiger partial charge is 0.550 e. The van der Waals surface area contributed by atoms with Crippen molar-refractivity contribution >= 4 is 29.2 Å². The molecule has 0 heterocycles. The van der Waals surface area contributed by atoms with Crippen molar-refractivity contribution < 1.29 is 19.4 Å². The molecule has 0 radical (unpaired) electrons. The lowest BCUT2D eigenvalue weighted by Gasteiger charge is -2.29. The van der Waals surface area contributed by atoms with Crippen molar-refractivity contribution in [2.45, 2.75) is 12.8 Å². The maximum atomic E-state index is 12.3. The maximum absolute atomic E-state index is 12.3. The summed E-state index contributed by atoms with van der Waals surface area (Å²) in [5, 5.41) is 14.3. The highest BCUT2D eigenvalue weighted by molar-refractivity contribution is 6.29. The molecule has 0 fully saturated rings. The molecule has 0 aliphatic heterocycles. The van der Waals surface area contributed by atoms with Gasteiger partial charge in [-0.25, -0.2) is 0 Å². The molecule has 1 aromatic carbocycles. The Balaban J connectivity index is 2.10. The first-order chi connectivity index (χ1) is 10.0. The second-order valence-corrected chi connectivity index (χ2v) is 5.33. The number of carbonyl (C=O) groups excluding carboxylic acids is 2. The third kappa shape index (κ3) is 3.76. The molecule has 21 heavy (non-hydrogen) atoms. The van der Waals surface area contributed by atoms with Crippen LogP contribution in [-0.4, -0.2) is 19.0 Å². The van der Waals surface area contributed by atoms with E-state index in [2.05, 4.69) is 5.32 Å². The van der Waals surface area contributed by atoms with Crippen molar-refractivity contribution in [1.82, 2.24) is 0 Å². The first-order valence-electron chi connectivity index (χ1n) is 6.51. The van der Waals surface area contributed by atoms with E-state index in [9.17, 15) is 14.7 Å². The molecule has 6 heteroatoms. The fraction of sp³-hybridized carbons (Fsp3) is 0.333. The van der Waals surface area contributed by atoms with Crippen LogP contribution >= 0.6 is 11.6 Å². The number of rotatable bonds is 4. The molecule has 1 aromatic rings. The molecule has 0 bridgehead atoms. The van der Waals surface area contributed by atoms with Crippen LogP contribution in [0.15, 0.2) is 35.4 Å². The number of carbonyl (C=O) groups is 2. The minimum Gasteiger partial charge on any atom is -0.550 e. The maximum Gasteiger partial charge on any atom is 0.228 e. The minimum atomic E-state index is -1.23. The second kappa shape index (κ2) is 6.63. The summed E-state index contributed by atoms with van der Waals surface area (Å²) in [4.78, 5) is 23.4. The quantitative estimate of drug-likeness (QED) is 0.915. The van der Waals surface area contributed by atoms with E-state index in [1.807, 2.05) is 0 Å². The molecule has 0 aromatic heterocycles. The minimum absolute atomic E-state index is 0.210. The Morgan fingerprint density at radius 1 is 1.29 bits per heavy atom. The van der Waals surface area contributed by atoms with Crippen molar-refractivity contribution in [2.75, 3.05) is 12.4 Å². The van der Waals surface area contributed by atoms with E-state index in [4.69, 9.17) is 16.3 Å². The molecule has 0 saturated carbocycles. The summed E-state index contributed by atoms with van der Waals surface area (Å²) < 4.78 is 5.03. The van der Waals surface area contributed by atoms with E-state index >= 15 is 0 Å². The average molecular weight is 309 g/mol. The van der Waals surface area contributed by atoms with Gasteiger partial charge in [0.05, 0.1) is 13.0 Å². The number of benzene rings is 1. The summed E-state index contributed by atoms with van der Waals surface area (Å²) in [7, 11) is 1.55. The van der Waals surface area contributed by atoms with Gasteiger partial charge in [-0.15, -0.1) is 0 Å². The van der Waals surface area contributed by atoms with Crippen molar-refractivity contribution in [3.05, 3.63) is 35.4 Å². The van der Waals surface area contributed by atoms with Crippen molar-refractivity contribution in [3.8, 4) is 5.75 Å². The molecule has 1 amide bonds. The number of carboxylic acids is 1. The van der Waals surface area contributed by atoms with E-state index in [0.717, 1.165) is 0 Å². The summed E-state index contributed by atoms with van der Waals surface area (Å²) in [5.41, 5.74) is 0.573. The van der Waals surface area contributed by atoms with Crippen LogP contribution in [0.3, 0.4) is 0 Å². The van der Waals surface area contributed by atoms with Crippen molar-refractivity contribution in [2.24, 2.45) is 11.8 Å². The fourth-order valence-electron chi connectivity index (χ4n) is 2.30. The molecular formula is C15H15ClNO4-. The molecule has 0 unspecified atom stereocenters. The fourth-order valence-corrected chi connectivity index (χ4v) is 2.56. The Morgan fingerprint density at radius 2 is 1.95 bits per heavy atom. The highest BCUT2D eigenvalue weighted by Crippen LogP contribution is 2.32. The molecule has 1 aliphatic rings. The van der Waals surface area contributed by atoms with Crippen LogP contribution in [0.1, 0.15) is 12.8 Å². The molecule has 2 atom stereocenters. The van der Waals surface area contributed by atoms with Gasteiger partial charge in [-0.2, -0.15) is 0 Å². The Labute approximate surface area is 127 Å². The molecule has 1 aliphatic carbocycles. The number of aliphatic carboxylic acids is 1. The number of amides is 1. The standard InChI is InChI=1S/C15H16ClNO4/c1-21-11-5-3-10(4-6-11)17-14(18)13-8-9(16)2-7-12(13)15(19)20/h2-6,12-13H,7-8H2,1H3,(H,17,18)(H,19,20)/p-1/t12-,13-/m1/s1. The first kappa shape index (κ1) is 15.4. The predicted molar refractivity (Wildman–Crippen MR) is 76.8 cm³/mol. The second-order valence-electron chi connectivity index (χ2n) is 4.84. The number of ether oxygens (including phenoxy) is 1. The number of hydrogen-bond donors (Lipinski definition) is 1. The third-order valence-corrected chi connectivity index (χ3v) is 3.80. The number of allylic oxidation sites excluding steroid dienone is 2. The summed E-state index contributed by atoms with van der Waals surface area (Å²) in [6.07, 6.45) is 2.04. The van der Waals surface area contributed by atoms with E-state index < -0.39 is 17.8 Å². The monoisotopic (exact) mass is 308 g/mol. The van der Waals surface area contributed by atoms with Crippen LogP contribution < -0.4 is 15.2 Å². The van der Waals surface area contributed by atoms with Gasteiger partial charge in [0.15, 0.2) is 0 Å². The summed E-state index contributed by atoms with van der Waals surface area (Å²) in [6, 6.07) is 6.79. The lowest BCUT2D eigenvalue weighted by molar-refractivity contribution is -0.313. The van der Waals surface area contributed by atoms with Gasteiger partial charge in [-0.05, 0) is 37.1 Å². The number of methoxy groups -OCH3 is 1. The molecule has 112 valence electrons. The van der Waals surface area contributed by atoms with Crippen LogP contribution in [0.25, 0.3) is 0 Å². The Morgan fingerprint density at radius 3 is 2.52 bits per heavy atom. The van der Waals surface area contributed by atoms with Crippen molar-refractivity contribution in [3.63, 3.8) is 0 Å². The molecule has 2 rings (SSSR count). The predicted octanol–water partition coefficient (Wildman–Crippen LogP) is 1.53. The first-order valence-corrected chi connectivity index (χ1v) is 6.89. The summed E-state index contributed by atoms with van der Waals surface area (Å²) >= 11 is 5.92. The SMILES string of the molecule is COc1ccc(NC(=O)[C@@H]2CC(Cl)=CC[C@H]2C(=O)[O-])cc1. The number of anilines is 1. The number of carboxylic acid groups (broad SMARTS) is 1. The van der Waals surface area contributed by atoms with E-state index in [-0.39, 0.29) is 18.7 Å². The Bertz CT molecular complexity index is 568. The molecule has 0 spiro atoms. The van der Waals surface area contributed by atoms with E-state index in [1.54, 1.807) is 37.5 Å². The van der Waals surface area contributed by atoms with Gasteiger partial charge in [-0.1, -0.05) is 17.7 Å². The van der Waals surface area contributed by atoms with Crippen molar-refractivity contribution in [1.29, 1.82) is 0 Å². The van der Waals surface area contributed by atoms with Crippen LogP contribution in [-0.2, 0) is 9.59 Å². The summed E-state index contributed by atoms with van der Waals surface area (Å²) in [5.74, 6) is -2.52. The van der Waals surface area contributed by atoms with Gasteiger partial charge in [0.2, 0.25) is 5.91 Å². The number of halogens is 1. The molecule has 1 N–H and O–H groups in total. The van der Waals surface area contributed by atoms with Gasteiger partial charge >= 0.3 is 0 Å². The third-order valence-electron chi connectivity index (χ3n) is 3.49. The van der Waals surface area contributed by atoms with Gasteiger partial charge in [-0.3, -0.25) is 4.79 Å². The smallest absolute Gasteiger partial charge is 0.228 e. The molecule has 5 nitrogen and oxygen atoms in total. The zero-order valence-corrected chi connectivity index (χ0v) is 12.2. The highest BCUT2D eigenvalue weighted by atomic mass is 35.5. The zero-order valence-electron chi connectivity index (χ0n) is 11.5. The van der Waals surface area contributed by atoms with E-state index in [1.165, 1.54) is 0 Å². The Hall–Kier alpha value is -2.01. The topological polar surface area (TPSA) is 78.5 Å². The number of hydrogen-bond acceptors (Lipinski definition) is 4. The van der Waals surface area contributed by atoms with Gasteiger partial charge < -0.3 is 20.0 Å². The summed E-state index contributed by atoms with van der Waals surface area (Å²) in [6.45, 7) is 0. The normalized spacial score (nSPS) is 21.3. The van der Waals surface area contributed by atoms with Crippen LogP contribution in [0, 0.1) is 11.8 Å². The molecular weight excluding hydrogens is 294 g/mol. The Kier molecular flexibility index (Phi) is 4.85. The lowest BCUT2D eigenvalue weighted by atomic mass is 9.82. The highest BCUT2D eigenvalue weighted by Gasteiger charge is 2.32. The van der Waals surface area contributed by atoms with Crippen LogP contribution in [0.5, 0.6) is 5.75 Å². The van der Waals surface area contributed by atoms with E-state index in [0.29, 0.717) is 16.5 Å². The molecule has 0 saturated heterocycles.